The molecule has 0 heterocycles. The Hall–Kier alpha value is -0.0800. The first-order chi connectivity index (χ1) is 9.57. The lowest BCUT2D eigenvalue weighted by Crippen LogP contribution is -2.50. The molecule has 3 aliphatic rings. The van der Waals surface area contributed by atoms with Crippen molar-refractivity contribution in [3.63, 3.8) is 0 Å². The molecular formula is C18H32O2. The minimum Gasteiger partial charge on any atom is -0.396 e. The molecular weight excluding hydrogens is 248 g/mol. The summed E-state index contributed by atoms with van der Waals surface area (Å²) in [7, 11) is 0. The zero-order valence-electron chi connectivity index (χ0n) is 13.1. The van der Waals surface area contributed by atoms with Gasteiger partial charge in [-0.15, -0.1) is 0 Å². The molecule has 116 valence electrons. The van der Waals surface area contributed by atoms with Crippen molar-refractivity contribution in [2.45, 2.75) is 83.2 Å². The number of aliphatic hydroxyl groups is 2. The van der Waals surface area contributed by atoms with Crippen LogP contribution >= 0.6 is 0 Å². The van der Waals surface area contributed by atoms with E-state index < -0.39 is 5.60 Å². The van der Waals surface area contributed by atoms with Gasteiger partial charge in [-0.1, -0.05) is 39.0 Å². The van der Waals surface area contributed by atoms with E-state index in [1.165, 1.54) is 44.9 Å². The van der Waals surface area contributed by atoms with Crippen LogP contribution in [0.5, 0.6) is 0 Å². The van der Waals surface area contributed by atoms with Gasteiger partial charge in [-0.2, -0.15) is 0 Å². The summed E-state index contributed by atoms with van der Waals surface area (Å²) >= 11 is 0. The summed E-state index contributed by atoms with van der Waals surface area (Å²) in [6.45, 7) is 2.49. The topological polar surface area (TPSA) is 40.5 Å². The van der Waals surface area contributed by atoms with Crippen molar-refractivity contribution in [3.8, 4) is 0 Å². The molecule has 2 nitrogen and oxygen atoms in total. The standard InChI is InChI=1S/C18H32O2/c1-17-9-7-15(11-14-5-3-2-4-6-14)12-18(17,20)10-8-16(17)13-19/h14-16,19-20H,2-13H2,1H3/t15-,16+,17+,18-/m0/s1. The van der Waals surface area contributed by atoms with Crippen molar-refractivity contribution in [2.24, 2.45) is 23.2 Å². The molecule has 0 saturated heterocycles. The van der Waals surface area contributed by atoms with Crippen LogP contribution < -0.4 is 0 Å². The van der Waals surface area contributed by atoms with Gasteiger partial charge in [-0.3, -0.25) is 0 Å². The highest BCUT2D eigenvalue weighted by molar-refractivity contribution is 5.09. The Morgan fingerprint density at radius 1 is 0.950 bits per heavy atom. The second kappa shape index (κ2) is 5.61. The van der Waals surface area contributed by atoms with Crippen LogP contribution in [0.3, 0.4) is 0 Å². The predicted octanol–water partition coefficient (Wildman–Crippen LogP) is 3.90. The molecule has 0 bridgehead atoms. The molecule has 3 fully saturated rings. The molecule has 0 aliphatic heterocycles. The molecule has 3 aliphatic carbocycles. The highest BCUT2D eigenvalue weighted by Gasteiger charge is 2.58. The molecule has 0 unspecified atom stereocenters. The van der Waals surface area contributed by atoms with E-state index in [9.17, 15) is 10.2 Å². The third-order valence-electron chi connectivity index (χ3n) is 7.18. The molecule has 0 radical (unpaired) electrons. The van der Waals surface area contributed by atoms with Crippen molar-refractivity contribution in [1.29, 1.82) is 0 Å². The molecule has 0 aromatic carbocycles. The van der Waals surface area contributed by atoms with Crippen LogP contribution in [0.2, 0.25) is 0 Å². The van der Waals surface area contributed by atoms with Crippen LogP contribution in [0.4, 0.5) is 0 Å². The summed E-state index contributed by atoms with van der Waals surface area (Å²) < 4.78 is 0. The minimum absolute atomic E-state index is 0.0230. The maximum atomic E-state index is 11.2. The highest BCUT2D eigenvalue weighted by atomic mass is 16.3. The van der Waals surface area contributed by atoms with Crippen LogP contribution in [-0.2, 0) is 0 Å². The third kappa shape index (κ3) is 2.43. The minimum atomic E-state index is -0.488. The molecule has 0 aromatic heterocycles. The average molecular weight is 280 g/mol. The van der Waals surface area contributed by atoms with Crippen LogP contribution in [0, 0.1) is 23.2 Å². The Labute approximate surface area is 124 Å². The second-order valence-electron chi connectivity index (χ2n) is 8.22. The van der Waals surface area contributed by atoms with Gasteiger partial charge in [0.1, 0.15) is 0 Å². The summed E-state index contributed by atoms with van der Waals surface area (Å²) in [5.41, 5.74) is -0.511. The van der Waals surface area contributed by atoms with E-state index in [-0.39, 0.29) is 12.0 Å². The SMILES string of the molecule is C[C@]12CC[C@@H](CC3CCCCC3)C[C@@]1(O)CC[C@@H]2CO. The van der Waals surface area contributed by atoms with Gasteiger partial charge in [0.25, 0.3) is 0 Å². The number of aliphatic hydroxyl groups excluding tert-OH is 1. The molecule has 3 saturated carbocycles. The van der Waals surface area contributed by atoms with Crippen molar-refractivity contribution in [2.75, 3.05) is 6.61 Å². The normalized spacial score (nSPS) is 46.4. The fraction of sp³-hybridized carbons (Fsp3) is 1.00. The van der Waals surface area contributed by atoms with Gasteiger partial charge in [-0.05, 0) is 56.3 Å². The van der Waals surface area contributed by atoms with Crippen molar-refractivity contribution in [1.82, 2.24) is 0 Å². The molecule has 0 spiro atoms. The predicted molar refractivity (Wildman–Crippen MR) is 81.4 cm³/mol. The van der Waals surface area contributed by atoms with E-state index in [0.29, 0.717) is 5.92 Å². The molecule has 20 heavy (non-hydrogen) atoms. The molecule has 3 rings (SSSR count). The Bertz CT molecular complexity index is 336. The van der Waals surface area contributed by atoms with Gasteiger partial charge in [0, 0.05) is 12.0 Å². The Kier molecular flexibility index (Phi) is 4.16. The van der Waals surface area contributed by atoms with Gasteiger partial charge in [0.15, 0.2) is 0 Å². The number of rotatable bonds is 3. The van der Waals surface area contributed by atoms with Gasteiger partial charge in [0.2, 0.25) is 0 Å². The first-order valence-electron chi connectivity index (χ1n) is 8.91. The zero-order chi connectivity index (χ0) is 14.2. The quantitative estimate of drug-likeness (QED) is 0.823. The maximum Gasteiger partial charge on any atom is 0.0707 e. The summed E-state index contributed by atoms with van der Waals surface area (Å²) in [4.78, 5) is 0. The molecule has 0 amide bonds. The Balaban J connectivity index is 1.63. The average Bonchev–Trinajstić information content (AvgIpc) is 2.71. The molecule has 2 N–H and O–H groups in total. The lowest BCUT2D eigenvalue weighted by Gasteiger charge is -2.49. The monoisotopic (exact) mass is 280 g/mol. The fourth-order valence-corrected chi connectivity index (χ4v) is 5.64. The van der Waals surface area contributed by atoms with E-state index in [1.54, 1.807) is 0 Å². The van der Waals surface area contributed by atoms with Crippen LogP contribution in [-0.4, -0.2) is 22.4 Å². The molecule has 2 heteroatoms. The third-order valence-corrected chi connectivity index (χ3v) is 7.18. The largest absolute Gasteiger partial charge is 0.396 e. The fourth-order valence-electron chi connectivity index (χ4n) is 5.64. The van der Waals surface area contributed by atoms with E-state index in [0.717, 1.165) is 37.5 Å². The maximum absolute atomic E-state index is 11.2. The van der Waals surface area contributed by atoms with Crippen LogP contribution in [0.1, 0.15) is 77.6 Å². The lowest BCUT2D eigenvalue weighted by molar-refractivity contribution is -0.122. The number of fused-ring (bicyclic) bond motifs is 1. The van der Waals surface area contributed by atoms with Gasteiger partial charge < -0.3 is 10.2 Å². The van der Waals surface area contributed by atoms with E-state index in [1.807, 2.05) is 0 Å². The highest BCUT2D eigenvalue weighted by Crippen LogP contribution is 2.59. The van der Waals surface area contributed by atoms with E-state index in [2.05, 4.69) is 6.92 Å². The van der Waals surface area contributed by atoms with Gasteiger partial charge in [-0.25, -0.2) is 0 Å². The van der Waals surface area contributed by atoms with Crippen molar-refractivity contribution >= 4 is 0 Å². The van der Waals surface area contributed by atoms with Crippen LogP contribution in [0.15, 0.2) is 0 Å². The van der Waals surface area contributed by atoms with Gasteiger partial charge >= 0.3 is 0 Å². The first kappa shape index (κ1) is 14.8. The summed E-state index contributed by atoms with van der Waals surface area (Å²) in [5, 5.41) is 20.8. The van der Waals surface area contributed by atoms with Crippen LogP contribution in [0.25, 0.3) is 0 Å². The smallest absolute Gasteiger partial charge is 0.0707 e. The molecule has 4 atom stereocenters. The van der Waals surface area contributed by atoms with E-state index in [4.69, 9.17) is 0 Å². The second-order valence-corrected chi connectivity index (χ2v) is 8.22. The lowest BCUT2D eigenvalue weighted by atomic mass is 9.59. The van der Waals surface area contributed by atoms with Crippen molar-refractivity contribution < 1.29 is 10.2 Å². The Morgan fingerprint density at radius 3 is 2.40 bits per heavy atom. The molecule has 0 aromatic rings. The zero-order valence-corrected chi connectivity index (χ0v) is 13.1. The van der Waals surface area contributed by atoms with E-state index >= 15 is 0 Å². The van der Waals surface area contributed by atoms with Gasteiger partial charge in [0.05, 0.1) is 5.60 Å². The summed E-state index contributed by atoms with van der Waals surface area (Å²) in [6, 6.07) is 0. The Morgan fingerprint density at radius 2 is 1.70 bits per heavy atom. The summed E-state index contributed by atoms with van der Waals surface area (Å²) in [5.74, 6) is 1.98. The number of hydrogen-bond acceptors (Lipinski definition) is 2. The van der Waals surface area contributed by atoms with Crippen molar-refractivity contribution in [3.05, 3.63) is 0 Å². The summed E-state index contributed by atoms with van der Waals surface area (Å²) in [6.07, 6.45) is 13.8. The first-order valence-corrected chi connectivity index (χ1v) is 8.91. The number of hydrogen-bond donors (Lipinski definition) is 2.